The monoisotopic (exact) mass is 417 g/mol. The molecule has 1 heterocycles. The SMILES string of the molecule is O=C(/C=C\c1ccccc1)C[C@@]1(O)C(=O)N(Cc2ccccc2Cl)c2ccccc21. The molecule has 0 saturated carbocycles. The molecular formula is C25H20ClNO3. The number of rotatable bonds is 6. The largest absolute Gasteiger partial charge is 0.375 e. The van der Waals surface area contributed by atoms with E-state index in [1.807, 2.05) is 48.5 Å². The molecule has 0 radical (unpaired) electrons. The van der Waals surface area contributed by atoms with E-state index in [1.54, 1.807) is 36.4 Å². The van der Waals surface area contributed by atoms with Crippen LogP contribution in [0.1, 0.15) is 23.1 Å². The number of amides is 1. The highest BCUT2D eigenvalue weighted by atomic mass is 35.5. The molecule has 0 unspecified atom stereocenters. The highest BCUT2D eigenvalue weighted by Crippen LogP contribution is 2.43. The number of aliphatic hydroxyl groups is 1. The minimum absolute atomic E-state index is 0.214. The Morgan fingerprint density at radius 1 is 0.967 bits per heavy atom. The van der Waals surface area contributed by atoms with Crippen molar-refractivity contribution in [2.75, 3.05) is 4.90 Å². The van der Waals surface area contributed by atoms with Gasteiger partial charge in [0, 0.05) is 10.6 Å². The maximum atomic E-state index is 13.3. The predicted molar refractivity (Wildman–Crippen MR) is 118 cm³/mol. The molecule has 0 bridgehead atoms. The van der Waals surface area contributed by atoms with Crippen molar-refractivity contribution in [1.29, 1.82) is 0 Å². The molecule has 3 aromatic carbocycles. The van der Waals surface area contributed by atoms with Crippen LogP contribution < -0.4 is 4.90 Å². The van der Waals surface area contributed by atoms with Crippen LogP contribution in [0.5, 0.6) is 0 Å². The summed E-state index contributed by atoms with van der Waals surface area (Å²) in [4.78, 5) is 27.4. The first-order valence-electron chi connectivity index (χ1n) is 9.62. The number of hydrogen-bond donors (Lipinski definition) is 1. The van der Waals surface area contributed by atoms with Crippen molar-refractivity contribution < 1.29 is 14.7 Å². The van der Waals surface area contributed by atoms with E-state index in [0.717, 1.165) is 11.1 Å². The van der Waals surface area contributed by atoms with E-state index >= 15 is 0 Å². The third-order valence-corrected chi connectivity index (χ3v) is 5.59. The van der Waals surface area contributed by atoms with Crippen LogP contribution in [0.15, 0.2) is 84.9 Å². The van der Waals surface area contributed by atoms with E-state index in [4.69, 9.17) is 11.6 Å². The zero-order valence-corrected chi connectivity index (χ0v) is 16.9. The zero-order chi connectivity index (χ0) is 21.1. The van der Waals surface area contributed by atoms with Gasteiger partial charge in [-0.15, -0.1) is 0 Å². The lowest BCUT2D eigenvalue weighted by atomic mass is 9.89. The van der Waals surface area contributed by atoms with E-state index < -0.39 is 11.5 Å². The number of halogens is 1. The number of benzene rings is 3. The first kappa shape index (κ1) is 20.1. The summed E-state index contributed by atoms with van der Waals surface area (Å²) < 4.78 is 0. The third-order valence-electron chi connectivity index (χ3n) is 5.22. The predicted octanol–water partition coefficient (Wildman–Crippen LogP) is 4.75. The molecule has 4 rings (SSSR count). The maximum absolute atomic E-state index is 13.3. The van der Waals surface area contributed by atoms with Crippen LogP contribution in [0.4, 0.5) is 5.69 Å². The molecule has 1 atom stereocenters. The Kier molecular flexibility index (Phi) is 5.53. The fraction of sp³-hybridized carbons (Fsp3) is 0.120. The van der Waals surface area contributed by atoms with Gasteiger partial charge in [0.05, 0.1) is 18.7 Å². The van der Waals surface area contributed by atoms with E-state index in [1.165, 1.54) is 11.0 Å². The molecule has 0 saturated heterocycles. The number of anilines is 1. The summed E-state index contributed by atoms with van der Waals surface area (Å²) >= 11 is 6.27. The van der Waals surface area contributed by atoms with Crippen LogP contribution in [0, 0.1) is 0 Å². The molecule has 150 valence electrons. The minimum atomic E-state index is -1.91. The number of fused-ring (bicyclic) bond motifs is 1. The second-order valence-electron chi connectivity index (χ2n) is 7.25. The smallest absolute Gasteiger partial charge is 0.264 e. The lowest BCUT2D eigenvalue weighted by Gasteiger charge is -2.22. The highest BCUT2D eigenvalue weighted by Gasteiger charge is 2.50. The second-order valence-corrected chi connectivity index (χ2v) is 7.65. The third kappa shape index (κ3) is 3.80. The minimum Gasteiger partial charge on any atom is -0.375 e. The van der Waals surface area contributed by atoms with Gasteiger partial charge in [-0.3, -0.25) is 9.59 Å². The van der Waals surface area contributed by atoms with Crippen molar-refractivity contribution in [3.63, 3.8) is 0 Å². The summed E-state index contributed by atoms with van der Waals surface area (Å²) in [6.07, 6.45) is 2.75. The molecule has 1 aliphatic rings. The Hall–Kier alpha value is -3.21. The highest BCUT2D eigenvalue weighted by molar-refractivity contribution is 6.31. The van der Waals surface area contributed by atoms with E-state index in [-0.39, 0.29) is 18.7 Å². The van der Waals surface area contributed by atoms with Gasteiger partial charge in [0.1, 0.15) is 0 Å². The van der Waals surface area contributed by atoms with Gasteiger partial charge in [0.15, 0.2) is 11.4 Å². The van der Waals surface area contributed by atoms with Gasteiger partial charge in [-0.2, -0.15) is 0 Å². The fourth-order valence-electron chi connectivity index (χ4n) is 3.70. The summed E-state index contributed by atoms with van der Waals surface area (Å²) in [6, 6.07) is 23.7. The van der Waals surface area contributed by atoms with Crippen molar-refractivity contribution in [2.24, 2.45) is 0 Å². The molecule has 4 nitrogen and oxygen atoms in total. The second kappa shape index (κ2) is 8.27. The van der Waals surface area contributed by atoms with Crippen LogP contribution in [-0.4, -0.2) is 16.8 Å². The Bertz CT molecular complexity index is 1130. The quantitative estimate of drug-likeness (QED) is 0.589. The standard InChI is InChI=1S/C25H20ClNO3/c26-22-12-6-4-10-19(22)17-27-23-13-7-5-11-21(23)25(30,24(27)29)16-20(28)15-14-18-8-2-1-3-9-18/h1-15,30H,16-17H2/b15-14-/t25-/m0/s1. The first-order chi connectivity index (χ1) is 14.5. The van der Waals surface area contributed by atoms with Crippen molar-refractivity contribution in [2.45, 2.75) is 18.6 Å². The average Bonchev–Trinajstić information content (AvgIpc) is 2.96. The van der Waals surface area contributed by atoms with Gasteiger partial charge in [0.25, 0.3) is 5.91 Å². The summed E-state index contributed by atoms with van der Waals surface area (Å²) in [5.41, 5.74) is 0.752. The molecule has 1 amide bonds. The van der Waals surface area contributed by atoms with Gasteiger partial charge in [0.2, 0.25) is 0 Å². The summed E-state index contributed by atoms with van der Waals surface area (Å²) in [7, 11) is 0. The lowest BCUT2D eigenvalue weighted by Crippen LogP contribution is -2.41. The molecule has 0 spiro atoms. The van der Waals surface area contributed by atoms with Crippen molar-refractivity contribution in [3.05, 3.63) is 107 Å². The van der Waals surface area contributed by atoms with Gasteiger partial charge in [-0.1, -0.05) is 84.4 Å². The summed E-state index contributed by atoms with van der Waals surface area (Å²) in [5, 5.41) is 11.9. The number of carbonyl (C=O) groups excluding carboxylic acids is 2. The molecular weight excluding hydrogens is 398 g/mol. The topological polar surface area (TPSA) is 57.6 Å². The van der Waals surface area contributed by atoms with Gasteiger partial charge < -0.3 is 10.0 Å². The number of carbonyl (C=O) groups is 2. The van der Waals surface area contributed by atoms with Crippen LogP contribution in [0.2, 0.25) is 5.02 Å². The molecule has 1 N–H and O–H groups in total. The summed E-state index contributed by atoms with van der Waals surface area (Å²) in [6.45, 7) is 0.214. The van der Waals surface area contributed by atoms with Gasteiger partial charge >= 0.3 is 0 Å². The Morgan fingerprint density at radius 3 is 2.40 bits per heavy atom. The normalized spacial score (nSPS) is 18.1. The number of nitrogens with zero attached hydrogens (tertiary/aromatic N) is 1. The summed E-state index contributed by atoms with van der Waals surface area (Å²) in [5.74, 6) is -0.853. The molecule has 0 fully saturated rings. The number of allylic oxidation sites excluding steroid dienone is 1. The molecule has 3 aromatic rings. The first-order valence-corrected chi connectivity index (χ1v) is 10.00. The van der Waals surface area contributed by atoms with Crippen LogP contribution in [0.25, 0.3) is 6.08 Å². The van der Waals surface area contributed by atoms with E-state index in [0.29, 0.717) is 16.3 Å². The Labute approximate surface area is 180 Å². The van der Waals surface area contributed by atoms with Crippen LogP contribution in [-0.2, 0) is 21.7 Å². The zero-order valence-electron chi connectivity index (χ0n) is 16.2. The van der Waals surface area contributed by atoms with E-state index in [2.05, 4.69) is 0 Å². The Balaban J connectivity index is 1.61. The fourth-order valence-corrected chi connectivity index (χ4v) is 3.89. The van der Waals surface area contributed by atoms with Gasteiger partial charge in [-0.05, 0) is 29.3 Å². The molecule has 5 heteroatoms. The van der Waals surface area contributed by atoms with Gasteiger partial charge in [-0.25, -0.2) is 0 Å². The van der Waals surface area contributed by atoms with Crippen LogP contribution in [0.3, 0.4) is 0 Å². The number of hydrogen-bond acceptors (Lipinski definition) is 3. The maximum Gasteiger partial charge on any atom is 0.264 e. The lowest BCUT2D eigenvalue weighted by molar-refractivity contribution is -0.140. The number of ketones is 1. The molecule has 30 heavy (non-hydrogen) atoms. The van der Waals surface area contributed by atoms with E-state index in [9.17, 15) is 14.7 Å². The van der Waals surface area contributed by atoms with Crippen molar-refractivity contribution >= 4 is 35.1 Å². The molecule has 0 aliphatic carbocycles. The average molecular weight is 418 g/mol. The number of para-hydroxylation sites is 1. The molecule has 1 aliphatic heterocycles. The molecule has 0 aromatic heterocycles. The van der Waals surface area contributed by atoms with Crippen molar-refractivity contribution in [3.8, 4) is 0 Å². The van der Waals surface area contributed by atoms with Crippen LogP contribution >= 0.6 is 11.6 Å². The van der Waals surface area contributed by atoms with Crippen molar-refractivity contribution in [1.82, 2.24) is 0 Å². The Morgan fingerprint density at radius 2 is 1.63 bits per heavy atom.